The maximum atomic E-state index is 13.6. The summed E-state index contributed by atoms with van der Waals surface area (Å²) in [6.07, 6.45) is 0. The van der Waals surface area contributed by atoms with Crippen LogP contribution in [0.5, 0.6) is 0 Å². The second kappa shape index (κ2) is 9.43. The Kier molecular flexibility index (Phi) is 5.41. The fourth-order valence-corrected chi connectivity index (χ4v) is 5.96. The zero-order chi connectivity index (χ0) is 28.2. The van der Waals surface area contributed by atoms with Crippen LogP contribution in [0.15, 0.2) is 155 Å². The molecular formula is C38H24N2O2. The van der Waals surface area contributed by atoms with Gasteiger partial charge in [0.15, 0.2) is 0 Å². The Labute approximate surface area is 241 Å². The minimum atomic E-state index is -0.303. The van der Waals surface area contributed by atoms with Gasteiger partial charge in [-0.25, -0.2) is 4.52 Å². The summed E-state index contributed by atoms with van der Waals surface area (Å²) in [6, 6.07) is 48.8. The van der Waals surface area contributed by atoms with Gasteiger partial charge in [0.05, 0.1) is 21.8 Å². The van der Waals surface area contributed by atoms with Crippen LogP contribution in [0.2, 0.25) is 0 Å². The highest BCUT2D eigenvalue weighted by Crippen LogP contribution is 2.30. The lowest BCUT2D eigenvalue weighted by atomic mass is 9.99. The van der Waals surface area contributed by atoms with Crippen molar-refractivity contribution in [3.8, 4) is 44.5 Å². The molecule has 8 rings (SSSR count). The lowest BCUT2D eigenvalue weighted by Gasteiger charge is -2.06. The molecule has 4 heteroatoms. The molecule has 0 spiro atoms. The Morgan fingerprint density at radius 3 is 1.00 bits per heavy atom. The van der Waals surface area contributed by atoms with Crippen molar-refractivity contribution in [1.29, 1.82) is 0 Å². The lowest BCUT2D eigenvalue weighted by Crippen LogP contribution is -2.21. The van der Waals surface area contributed by atoms with Crippen LogP contribution in [0.25, 0.3) is 66.3 Å². The number of fused-ring (bicyclic) bond motifs is 5. The normalized spacial score (nSPS) is 11.5. The van der Waals surface area contributed by atoms with E-state index in [9.17, 15) is 9.59 Å². The molecule has 0 N–H and O–H groups in total. The summed E-state index contributed by atoms with van der Waals surface area (Å²) in [4.78, 5) is 27.1. The monoisotopic (exact) mass is 540 g/mol. The third kappa shape index (κ3) is 3.77. The van der Waals surface area contributed by atoms with Crippen molar-refractivity contribution in [2.24, 2.45) is 0 Å². The predicted octanol–water partition coefficient (Wildman–Crippen LogP) is 8.17. The van der Waals surface area contributed by atoms with Gasteiger partial charge >= 0.3 is 0 Å². The van der Waals surface area contributed by atoms with E-state index in [0.717, 1.165) is 55.5 Å². The molecule has 6 aromatic carbocycles. The molecule has 4 nitrogen and oxygen atoms in total. The van der Waals surface area contributed by atoms with Gasteiger partial charge in [-0.05, 0) is 68.8 Å². The summed E-state index contributed by atoms with van der Waals surface area (Å²) in [5.41, 5.74) is 9.33. The molecule has 0 saturated heterocycles. The molecule has 0 atom stereocenters. The van der Waals surface area contributed by atoms with E-state index in [4.69, 9.17) is 0 Å². The summed E-state index contributed by atoms with van der Waals surface area (Å²) in [5.74, 6) is 0. The standard InChI is InChI=1S/C38H24N2O2/c41-37-33-23-31(29-15-11-27(12-16-29)25-7-3-1-4-8-25)19-21-35(33)39-36-22-20-32(24-34(36)38(42)40(37)39)30-17-13-28(14-18-30)26-9-5-2-6-10-26/h1-24H. The summed E-state index contributed by atoms with van der Waals surface area (Å²) < 4.78 is 3.01. The molecule has 8 aromatic rings. The van der Waals surface area contributed by atoms with Crippen molar-refractivity contribution >= 4 is 21.8 Å². The molecule has 0 unspecified atom stereocenters. The summed E-state index contributed by atoms with van der Waals surface area (Å²) in [5, 5.41) is 1.05. The lowest BCUT2D eigenvalue weighted by molar-refractivity contribution is 0.841. The fraction of sp³-hybridized carbons (Fsp3) is 0. The topological polar surface area (TPSA) is 43.0 Å². The number of aromatic nitrogens is 2. The fourth-order valence-electron chi connectivity index (χ4n) is 5.96. The van der Waals surface area contributed by atoms with Gasteiger partial charge in [-0.1, -0.05) is 121 Å². The zero-order valence-electron chi connectivity index (χ0n) is 22.6. The average molecular weight is 541 g/mol. The van der Waals surface area contributed by atoms with Crippen LogP contribution in [-0.2, 0) is 0 Å². The molecule has 0 fully saturated rings. The van der Waals surface area contributed by atoms with E-state index in [1.165, 1.54) is 4.52 Å². The van der Waals surface area contributed by atoms with E-state index < -0.39 is 0 Å². The first-order valence-corrected chi connectivity index (χ1v) is 13.9. The molecule has 2 aromatic heterocycles. The molecule has 0 aliphatic heterocycles. The van der Waals surface area contributed by atoms with Gasteiger partial charge in [-0.3, -0.25) is 9.59 Å². The molecule has 0 radical (unpaired) electrons. The molecule has 0 bridgehead atoms. The van der Waals surface area contributed by atoms with Gasteiger partial charge in [0.1, 0.15) is 0 Å². The first kappa shape index (κ1) is 24.1. The van der Waals surface area contributed by atoms with Crippen LogP contribution in [0.3, 0.4) is 0 Å². The highest BCUT2D eigenvalue weighted by molar-refractivity contribution is 5.92. The van der Waals surface area contributed by atoms with Gasteiger partial charge < -0.3 is 0 Å². The van der Waals surface area contributed by atoms with Gasteiger partial charge in [-0.15, -0.1) is 0 Å². The molecule has 198 valence electrons. The molecule has 0 saturated carbocycles. The Bertz CT molecular complexity index is 2190. The quantitative estimate of drug-likeness (QED) is 0.226. The van der Waals surface area contributed by atoms with Crippen LogP contribution in [0, 0.1) is 0 Å². The first-order valence-electron chi connectivity index (χ1n) is 13.9. The van der Waals surface area contributed by atoms with Crippen molar-refractivity contribution in [3.05, 3.63) is 166 Å². The highest BCUT2D eigenvalue weighted by atomic mass is 16.2. The van der Waals surface area contributed by atoms with Crippen LogP contribution >= 0.6 is 0 Å². The highest BCUT2D eigenvalue weighted by Gasteiger charge is 2.18. The Morgan fingerprint density at radius 2 is 0.619 bits per heavy atom. The zero-order valence-corrected chi connectivity index (χ0v) is 22.6. The van der Waals surface area contributed by atoms with Crippen LogP contribution in [0.4, 0.5) is 0 Å². The van der Waals surface area contributed by atoms with Crippen molar-refractivity contribution in [3.63, 3.8) is 0 Å². The van der Waals surface area contributed by atoms with Gasteiger partial charge in [0.2, 0.25) is 0 Å². The summed E-state index contributed by atoms with van der Waals surface area (Å²) in [6.45, 7) is 0. The number of nitrogens with zero attached hydrogens (tertiary/aromatic N) is 2. The number of rotatable bonds is 4. The minimum absolute atomic E-state index is 0.303. The van der Waals surface area contributed by atoms with Crippen molar-refractivity contribution in [2.75, 3.05) is 0 Å². The number of hydrogen-bond donors (Lipinski definition) is 0. The average Bonchev–Trinajstić information content (AvgIpc) is 3.52. The molecule has 0 amide bonds. The summed E-state index contributed by atoms with van der Waals surface area (Å²) in [7, 11) is 0. The number of benzene rings is 6. The van der Waals surface area contributed by atoms with Crippen LogP contribution in [0.1, 0.15) is 0 Å². The largest absolute Gasteiger partial charge is 0.282 e. The van der Waals surface area contributed by atoms with Crippen molar-refractivity contribution in [2.45, 2.75) is 0 Å². The van der Waals surface area contributed by atoms with Gasteiger partial charge in [0.25, 0.3) is 11.1 Å². The van der Waals surface area contributed by atoms with E-state index in [0.29, 0.717) is 10.8 Å². The molecule has 2 heterocycles. The molecular weight excluding hydrogens is 516 g/mol. The smallest absolute Gasteiger partial charge is 0.267 e. The van der Waals surface area contributed by atoms with E-state index in [1.807, 2.05) is 72.8 Å². The van der Waals surface area contributed by atoms with Crippen LogP contribution in [-0.4, -0.2) is 9.03 Å². The third-order valence-electron chi connectivity index (χ3n) is 8.15. The third-order valence-corrected chi connectivity index (χ3v) is 8.15. The Balaban J connectivity index is 1.19. The Morgan fingerprint density at radius 1 is 0.310 bits per heavy atom. The maximum absolute atomic E-state index is 13.6. The maximum Gasteiger partial charge on any atom is 0.282 e. The SMILES string of the molecule is O=c1c2cc(-c3ccc(-c4ccccc4)cc3)ccc2n2c3ccc(-c4ccc(-c5ccccc5)cc4)cc3c(=O)n12. The second-order valence-electron chi connectivity index (χ2n) is 10.6. The molecule has 42 heavy (non-hydrogen) atoms. The van der Waals surface area contributed by atoms with Crippen molar-refractivity contribution < 1.29 is 0 Å². The van der Waals surface area contributed by atoms with E-state index >= 15 is 0 Å². The molecule has 0 aliphatic rings. The number of hydrogen-bond acceptors (Lipinski definition) is 2. The predicted molar refractivity (Wildman–Crippen MR) is 171 cm³/mol. The second-order valence-corrected chi connectivity index (χ2v) is 10.6. The van der Waals surface area contributed by atoms with Gasteiger partial charge in [0, 0.05) is 0 Å². The van der Waals surface area contributed by atoms with E-state index in [2.05, 4.69) is 72.8 Å². The molecule has 0 aliphatic carbocycles. The van der Waals surface area contributed by atoms with E-state index in [-0.39, 0.29) is 11.1 Å². The van der Waals surface area contributed by atoms with E-state index in [1.54, 1.807) is 4.52 Å². The summed E-state index contributed by atoms with van der Waals surface area (Å²) >= 11 is 0. The Hall–Kier alpha value is -5.74. The first-order chi connectivity index (χ1) is 20.7. The van der Waals surface area contributed by atoms with Crippen molar-refractivity contribution in [1.82, 2.24) is 9.03 Å². The minimum Gasteiger partial charge on any atom is -0.267 e. The van der Waals surface area contributed by atoms with Crippen LogP contribution < -0.4 is 11.1 Å². The van der Waals surface area contributed by atoms with Gasteiger partial charge in [-0.2, -0.15) is 4.52 Å².